The third-order valence-corrected chi connectivity index (χ3v) is 3.46. The van der Waals surface area contributed by atoms with E-state index in [1.165, 1.54) is 18.5 Å². The molecule has 0 atom stereocenters. The molecule has 16 heavy (non-hydrogen) atoms. The van der Waals surface area contributed by atoms with Gasteiger partial charge in [0.05, 0.1) is 21.1 Å². The van der Waals surface area contributed by atoms with Crippen molar-refractivity contribution in [2.75, 3.05) is 0 Å². The Morgan fingerprint density at radius 2 is 2.31 bits per heavy atom. The molecule has 1 aromatic carbocycles. The minimum Gasteiger partial charge on any atom is -0.440 e. The second-order valence-electron chi connectivity index (χ2n) is 2.75. The molecule has 0 saturated carbocycles. The number of aromatic nitrogens is 1. The summed E-state index contributed by atoms with van der Waals surface area (Å²) in [5, 5.41) is 9.06. The second kappa shape index (κ2) is 4.68. The van der Waals surface area contributed by atoms with E-state index < -0.39 is 5.82 Å². The molecular weight excluding hydrogens is 295 g/mol. The van der Waals surface area contributed by atoms with Gasteiger partial charge in [0, 0.05) is 0 Å². The SMILES string of the molecule is N#Cc1ccc(Sc2ncco2)c(F)c1Br. The van der Waals surface area contributed by atoms with Crippen molar-refractivity contribution >= 4 is 27.7 Å². The Bertz CT molecular complexity index is 551. The first-order valence-electron chi connectivity index (χ1n) is 4.18. The Balaban J connectivity index is 2.37. The van der Waals surface area contributed by atoms with E-state index in [1.807, 2.05) is 6.07 Å². The number of nitriles is 1. The molecule has 1 heterocycles. The number of nitrogens with zero attached hydrogens (tertiary/aromatic N) is 2. The minimum atomic E-state index is -0.484. The van der Waals surface area contributed by atoms with Crippen molar-refractivity contribution in [2.24, 2.45) is 0 Å². The van der Waals surface area contributed by atoms with Crippen LogP contribution in [-0.2, 0) is 0 Å². The first kappa shape index (κ1) is 11.2. The number of benzene rings is 1. The number of hydrogen-bond donors (Lipinski definition) is 0. The number of oxazole rings is 1. The molecule has 2 aromatic rings. The summed E-state index contributed by atoms with van der Waals surface area (Å²) in [4.78, 5) is 4.23. The summed E-state index contributed by atoms with van der Waals surface area (Å²) in [6.07, 6.45) is 2.90. The van der Waals surface area contributed by atoms with Crippen LogP contribution in [-0.4, -0.2) is 4.98 Å². The van der Waals surface area contributed by atoms with E-state index in [2.05, 4.69) is 20.9 Å². The maximum atomic E-state index is 13.8. The molecule has 0 aliphatic carbocycles. The minimum absolute atomic E-state index is 0.159. The second-order valence-corrected chi connectivity index (χ2v) is 4.54. The lowest BCUT2D eigenvalue weighted by Gasteiger charge is -2.02. The van der Waals surface area contributed by atoms with Crippen molar-refractivity contribution in [2.45, 2.75) is 10.1 Å². The maximum absolute atomic E-state index is 13.8. The predicted octanol–water partition coefficient (Wildman–Crippen LogP) is 3.60. The first-order valence-corrected chi connectivity index (χ1v) is 5.78. The molecule has 1 aromatic heterocycles. The lowest BCUT2D eigenvalue weighted by Crippen LogP contribution is -1.87. The highest BCUT2D eigenvalue weighted by Crippen LogP contribution is 2.33. The summed E-state index contributed by atoms with van der Waals surface area (Å²) in [6.45, 7) is 0. The van der Waals surface area contributed by atoms with Crippen molar-refractivity contribution < 1.29 is 8.81 Å². The van der Waals surface area contributed by atoms with Crippen LogP contribution >= 0.6 is 27.7 Å². The Morgan fingerprint density at radius 1 is 1.50 bits per heavy atom. The number of hydrogen-bond acceptors (Lipinski definition) is 4. The highest BCUT2D eigenvalue weighted by atomic mass is 79.9. The van der Waals surface area contributed by atoms with Gasteiger partial charge in [-0.1, -0.05) is 0 Å². The lowest BCUT2D eigenvalue weighted by atomic mass is 10.2. The van der Waals surface area contributed by atoms with Crippen LogP contribution in [0.4, 0.5) is 4.39 Å². The number of rotatable bonds is 2. The Kier molecular flexibility index (Phi) is 3.27. The van der Waals surface area contributed by atoms with Crippen molar-refractivity contribution in [1.29, 1.82) is 5.26 Å². The summed E-state index contributed by atoms with van der Waals surface area (Å²) in [7, 11) is 0. The van der Waals surface area contributed by atoms with Crippen LogP contribution < -0.4 is 0 Å². The highest BCUT2D eigenvalue weighted by molar-refractivity contribution is 9.10. The molecule has 6 heteroatoms. The zero-order valence-electron chi connectivity index (χ0n) is 7.78. The van der Waals surface area contributed by atoms with Gasteiger partial charge in [-0.25, -0.2) is 9.37 Å². The third kappa shape index (κ3) is 2.10. The van der Waals surface area contributed by atoms with Gasteiger partial charge in [-0.2, -0.15) is 5.26 Å². The fourth-order valence-electron chi connectivity index (χ4n) is 1.05. The van der Waals surface area contributed by atoms with E-state index >= 15 is 0 Å². The van der Waals surface area contributed by atoms with Crippen molar-refractivity contribution in [3.63, 3.8) is 0 Å². The molecule has 2 rings (SSSR count). The summed E-state index contributed by atoms with van der Waals surface area (Å²) >= 11 is 4.10. The zero-order chi connectivity index (χ0) is 11.5. The van der Waals surface area contributed by atoms with Crippen LogP contribution in [0, 0.1) is 17.1 Å². The van der Waals surface area contributed by atoms with Crippen LogP contribution in [0.5, 0.6) is 0 Å². The van der Waals surface area contributed by atoms with E-state index in [-0.39, 0.29) is 10.0 Å². The Morgan fingerprint density at radius 3 is 2.94 bits per heavy atom. The predicted molar refractivity (Wildman–Crippen MR) is 59.4 cm³/mol. The van der Waals surface area contributed by atoms with Gasteiger partial charge in [0.25, 0.3) is 5.22 Å². The van der Waals surface area contributed by atoms with E-state index in [4.69, 9.17) is 9.68 Å². The standard InChI is InChI=1S/C10H4BrFN2OS/c11-8-6(5-13)1-2-7(9(8)12)16-10-14-3-4-15-10/h1-4H. The van der Waals surface area contributed by atoms with E-state index in [0.717, 1.165) is 11.8 Å². The molecule has 3 nitrogen and oxygen atoms in total. The van der Waals surface area contributed by atoms with E-state index in [9.17, 15) is 4.39 Å². The molecule has 0 bridgehead atoms. The Labute approximate surface area is 103 Å². The fraction of sp³-hybridized carbons (Fsp3) is 0. The molecule has 0 saturated heterocycles. The van der Waals surface area contributed by atoms with Gasteiger partial charge in [-0.15, -0.1) is 0 Å². The molecular formula is C10H4BrFN2OS. The van der Waals surface area contributed by atoms with Crippen LogP contribution in [0.1, 0.15) is 5.56 Å². The first-order chi connectivity index (χ1) is 7.72. The lowest BCUT2D eigenvalue weighted by molar-refractivity contribution is 0.453. The normalized spacial score (nSPS) is 10.1. The van der Waals surface area contributed by atoms with Crippen molar-refractivity contribution in [3.8, 4) is 6.07 Å². The molecule has 0 aliphatic rings. The van der Waals surface area contributed by atoms with E-state index in [1.54, 1.807) is 6.07 Å². The van der Waals surface area contributed by atoms with Gasteiger partial charge < -0.3 is 4.42 Å². The van der Waals surface area contributed by atoms with Gasteiger partial charge in [0.15, 0.2) is 5.82 Å². The average Bonchev–Trinajstić information content (AvgIpc) is 2.78. The summed E-state index contributed by atoms with van der Waals surface area (Å²) in [5.74, 6) is -0.484. The van der Waals surface area contributed by atoms with Gasteiger partial charge in [0.2, 0.25) is 0 Å². The number of halogens is 2. The molecule has 0 unspecified atom stereocenters. The smallest absolute Gasteiger partial charge is 0.260 e. The fourth-order valence-corrected chi connectivity index (χ4v) is 2.35. The van der Waals surface area contributed by atoms with Gasteiger partial charge in [-0.3, -0.25) is 0 Å². The van der Waals surface area contributed by atoms with Gasteiger partial charge >= 0.3 is 0 Å². The van der Waals surface area contributed by atoms with E-state index in [0.29, 0.717) is 10.1 Å². The summed E-state index contributed by atoms with van der Waals surface area (Å²) < 4.78 is 18.9. The Hall–Kier alpha value is -1.32. The molecule has 0 amide bonds. The van der Waals surface area contributed by atoms with Crippen molar-refractivity contribution in [3.05, 3.63) is 40.4 Å². The summed E-state index contributed by atoms with van der Waals surface area (Å²) in [6, 6.07) is 4.95. The molecule has 0 radical (unpaired) electrons. The van der Waals surface area contributed by atoms with Gasteiger partial charge in [-0.05, 0) is 39.8 Å². The quantitative estimate of drug-likeness (QED) is 0.850. The molecule has 0 spiro atoms. The van der Waals surface area contributed by atoms with Gasteiger partial charge in [0.1, 0.15) is 12.3 Å². The monoisotopic (exact) mass is 298 g/mol. The maximum Gasteiger partial charge on any atom is 0.260 e. The molecule has 80 valence electrons. The third-order valence-electron chi connectivity index (χ3n) is 1.77. The van der Waals surface area contributed by atoms with Crippen molar-refractivity contribution in [1.82, 2.24) is 4.98 Å². The highest BCUT2D eigenvalue weighted by Gasteiger charge is 2.13. The zero-order valence-corrected chi connectivity index (χ0v) is 10.2. The van der Waals surface area contributed by atoms with Crippen LogP contribution in [0.25, 0.3) is 0 Å². The molecule has 0 fully saturated rings. The largest absolute Gasteiger partial charge is 0.440 e. The molecule has 0 N–H and O–H groups in total. The van der Waals surface area contributed by atoms with Crippen LogP contribution in [0.3, 0.4) is 0 Å². The molecule has 0 aliphatic heterocycles. The van der Waals surface area contributed by atoms with Crippen LogP contribution in [0.15, 0.2) is 43.6 Å². The topological polar surface area (TPSA) is 49.8 Å². The average molecular weight is 299 g/mol. The van der Waals surface area contributed by atoms with Crippen LogP contribution in [0.2, 0.25) is 0 Å². The summed E-state index contributed by atoms with van der Waals surface area (Å²) in [5.41, 5.74) is 0.259.